The van der Waals surface area contributed by atoms with E-state index in [0.717, 1.165) is 6.07 Å². The van der Waals surface area contributed by atoms with Gasteiger partial charge in [-0.25, -0.2) is 17.8 Å². The lowest BCUT2D eigenvalue weighted by Gasteiger charge is -2.06. The normalized spacial score (nSPS) is 11.0. The number of nitriles is 1. The van der Waals surface area contributed by atoms with Gasteiger partial charge in [0.15, 0.2) is 9.84 Å². The molecule has 0 fully saturated rings. The van der Waals surface area contributed by atoms with Gasteiger partial charge < -0.3 is 5.73 Å². The van der Waals surface area contributed by atoms with Gasteiger partial charge in [-0.15, -0.1) is 0 Å². The Morgan fingerprint density at radius 2 is 2.10 bits per heavy atom. The van der Waals surface area contributed by atoms with E-state index in [1.54, 1.807) is 0 Å². The number of nitrogens with zero attached hydrogens (tertiary/aromatic N) is 2. The summed E-state index contributed by atoms with van der Waals surface area (Å²) in [5.41, 5.74) is 5.49. The van der Waals surface area contributed by atoms with Crippen LogP contribution < -0.4 is 5.73 Å². The maximum Gasteiger partial charge on any atom is 0.182 e. The summed E-state index contributed by atoms with van der Waals surface area (Å²) in [6.45, 7) is 0. The third kappa shape index (κ3) is 2.75. The Labute approximate surface area is 115 Å². The molecule has 0 amide bonds. The lowest BCUT2D eigenvalue weighted by molar-refractivity contribution is 0.590. The van der Waals surface area contributed by atoms with Crippen molar-refractivity contribution in [3.63, 3.8) is 0 Å². The van der Waals surface area contributed by atoms with E-state index in [0.29, 0.717) is 0 Å². The second kappa shape index (κ2) is 5.27. The molecule has 0 aliphatic carbocycles. The number of benzene rings is 1. The van der Waals surface area contributed by atoms with E-state index in [1.165, 1.54) is 30.5 Å². The highest BCUT2D eigenvalue weighted by Crippen LogP contribution is 2.21. The van der Waals surface area contributed by atoms with E-state index >= 15 is 0 Å². The Hall–Kier alpha value is -2.46. The van der Waals surface area contributed by atoms with E-state index in [2.05, 4.69) is 4.98 Å². The molecule has 2 rings (SSSR count). The summed E-state index contributed by atoms with van der Waals surface area (Å²) < 4.78 is 37.7. The van der Waals surface area contributed by atoms with Crippen LogP contribution in [0.2, 0.25) is 0 Å². The predicted octanol–water partition coefficient (Wildman–Crippen LogP) is 1.65. The van der Waals surface area contributed by atoms with Gasteiger partial charge in [0.05, 0.1) is 16.3 Å². The monoisotopic (exact) mass is 291 g/mol. The van der Waals surface area contributed by atoms with Crippen molar-refractivity contribution in [3.05, 3.63) is 53.6 Å². The molecule has 2 aromatic rings. The number of nitrogens with two attached hydrogens (primary N) is 1. The summed E-state index contributed by atoms with van der Waals surface area (Å²) in [5, 5.41) is 8.88. The van der Waals surface area contributed by atoms with Gasteiger partial charge in [-0.3, -0.25) is 0 Å². The zero-order chi connectivity index (χ0) is 14.8. The van der Waals surface area contributed by atoms with E-state index in [4.69, 9.17) is 11.0 Å². The van der Waals surface area contributed by atoms with E-state index in [1.807, 2.05) is 6.07 Å². The molecule has 0 radical (unpaired) electrons. The minimum absolute atomic E-state index is 0.0343. The Kier molecular flexibility index (Phi) is 3.68. The second-order valence-electron chi connectivity index (χ2n) is 4.07. The van der Waals surface area contributed by atoms with E-state index < -0.39 is 21.4 Å². The molecule has 0 atom stereocenters. The average molecular weight is 291 g/mol. The molecule has 1 heterocycles. The van der Waals surface area contributed by atoms with Crippen LogP contribution in [0.25, 0.3) is 0 Å². The largest absolute Gasteiger partial charge is 0.396 e. The fourth-order valence-corrected chi connectivity index (χ4v) is 3.01. The molecule has 0 aliphatic rings. The van der Waals surface area contributed by atoms with Crippen LogP contribution in [-0.4, -0.2) is 13.4 Å². The molecule has 102 valence electrons. The molecule has 7 heteroatoms. The summed E-state index contributed by atoms with van der Waals surface area (Å²) in [6, 6.07) is 8.15. The minimum atomic E-state index is -3.77. The highest BCUT2D eigenvalue weighted by atomic mass is 32.2. The Morgan fingerprint density at radius 1 is 1.35 bits per heavy atom. The van der Waals surface area contributed by atoms with Gasteiger partial charge in [-0.2, -0.15) is 5.26 Å². The molecule has 1 aromatic carbocycles. The Bertz CT molecular complexity index is 798. The SMILES string of the molecule is N#Cc1ncccc1CS(=O)(=O)c1ccc(N)c(F)c1. The van der Waals surface area contributed by atoms with E-state index in [9.17, 15) is 12.8 Å². The quantitative estimate of drug-likeness (QED) is 0.867. The molecule has 0 bridgehead atoms. The molecule has 2 N–H and O–H groups in total. The Morgan fingerprint density at radius 3 is 2.75 bits per heavy atom. The first-order valence-corrected chi connectivity index (χ1v) is 7.21. The van der Waals surface area contributed by atoms with Crippen molar-refractivity contribution in [3.8, 4) is 6.07 Å². The van der Waals surface area contributed by atoms with Gasteiger partial charge in [0.2, 0.25) is 0 Å². The topological polar surface area (TPSA) is 96.8 Å². The van der Waals surface area contributed by atoms with Gasteiger partial charge in [0.1, 0.15) is 17.6 Å². The number of hydrogen-bond acceptors (Lipinski definition) is 5. The lowest BCUT2D eigenvalue weighted by atomic mass is 10.2. The third-order valence-corrected chi connectivity index (χ3v) is 4.34. The number of rotatable bonds is 3. The summed E-state index contributed by atoms with van der Waals surface area (Å²) >= 11 is 0. The molecule has 5 nitrogen and oxygen atoms in total. The standard InChI is InChI=1S/C13H10FN3O2S/c14-11-6-10(3-4-12(11)16)20(18,19)8-9-2-1-5-17-13(9)7-15/h1-6H,8,16H2. The fraction of sp³-hybridized carbons (Fsp3) is 0.0769. The number of pyridine rings is 1. The number of halogens is 1. The summed E-state index contributed by atoms with van der Waals surface area (Å²) in [7, 11) is -3.77. The molecule has 0 spiro atoms. The second-order valence-corrected chi connectivity index (χ2v) is 6.05. The summed E-state index contributed by atoms with van der Waals surface area (Å²) in [4.78, 5) is 3.60. The first-order chi connectivity index (χ1) is 9.44. The minimum Gasteiger partial charge on any atom is -0.396 e. The van der Waals surface area contributed by atoms with Crippen LogP contribution in [0, 0.1) is 17.1 Å². The number of aromatic nitrogens is 1. The maximum absolute atomic E-state index is 13.3. The molecular weight excluding hydrogens is 281 g/mol. The molecule has 0 unspecified atom stereocenters. The van der Waals surface area contributed by atoms with Crippen LogP contribution in [0.5, 0.6) is 0 Å². The van der Waals surface area contributed by atoms with E-state index in [-0.39, 0.29) is 21.8 Å². The molecule has 0 saturated carbocycles. The van der Waals surface area contributed by atoms with Crippen molar-refractivity contribution < 1.29 is 12.8 Å². The van der Waals surface area contributed by atoms with Gasteiger partial charge in [-0.1, -0.05) is 6.07 Å². The smallest absolute Gasteiger partial charge is 0.182 e. The first-order valence-electron chi connectivity index (χ1n) is 5.56. The van der Waals surface area contributed by atoms with Crippen LogP contribution in [-0.2, 0) is 15.6 Å². The number of anilines is 1. The van der Waals surface area contributed by atoms with Crippen LogP contribution in [0.1, 0.15) is 11.3 Å². The van der Waals surface area contributed by atoms with Crippen LogP contribution >= 0.6 is 0 Å². The Balaban J connectivity index is 2.41. The van der Waals surface area contributed by atoms with Crippen molar-refractivity contribution in [2.75, 3.05) is 5.73 Å². The zero-order valence-corrected chi connectivity index (χ0v) is 11.1. The average Bonchev–Trinajstić information content (AvgIpc) is 2.42. The highest BCUT2D eigenvalue weighted by Gasteiger charge is 2.19. The van der Waals surface area contributed by atoms with Gasteiger partial charge in [-0.05, 0) is 24.3 Å². The first kappa shape index (κ1) is 14.0. The van der Waals surface area contributed by atoms with Crippen molar-refractivity contribution in [1.29, 1.82) is 5.26 Å². The molecule has 1 aromatic heterocycles. The van der Waals surface area contributed by atoms with Crippen LogP contribution in [0.15, 0.2) is 41.4 Å². The summed E-state index contributed by atoms with van der Waals surface area (Å²) in [6.07, 6.45) is 1.40. The van der Waals surface area contributed by atoms with Crippen molar-refractivity contribution in [1.82, 2.24) is 4.98 Å². The third-order valence-electron chi connectivity index (χ3n) is 2.67. The number of sulfone groups is 1. The lowest BCUT2D eigenvalue weighted by Crippen LogP contribution is -2.08. The molecule has 20 heavy (non-hydrogen) atoms. The number of hydrogen-bond donors (Lipinski definition) is 1. The van der Waals surface area contributed by atoms with Crippen molar-refractivity contribution in [2.45, 2.75) is 10.6 Å². The van der Waals surface area contributed by atoms with Gasteiger partial charge >= 0.3 is 0 Å². The highest BCUT2D eigenvalue weighted by molar-refractivity contribution is 7.90. The molecule has 0 aliphatic heterocycles. The zero-order valence-electron chi connectivity index (χ0n) is 10.2. The number of nitrogen functional groups attached to an aromatic ring is 1. The van der Waals surface area contributed by atoms with Crippen LogP contribution in [0.3, 0.4) is 0 Å². The molecular formula is C13H10FN3O2S. The van der Waals surface area contributed by atoms with Crippen molar-refractivity contribution in [2.24, 2.45) is 0 Å². The van der Waals surface area contributed by atoms with Gasteiger partial charge in [0, 0.05) is 11.8 Å². The maximum atomic E-state index is 13.3. The van der Waals surface area contributed by atoms with Gasteiger partial charge in [0.25, 0.3) is 0 Å². The molecule has 0 saturated heterocycles. The van der Waals surface area contributed by atoms with Crippen LogP contribution in [0.4, 0.5) is 10.1 Å². The fourth-order valence-electron chi connectivity index (χ4n) is 1.65. The van der Waals surface area contributed by atoms with Crippen molar-refractivity contribution >= 4 is 15.5 Å². The predicted molar refractivity (Wildman–Crippen MR) is 70.7 cm³/mol. The summed E-state index contributed by atoms with van der Waals surface area (Å²) in [5.74, 6) is -1.22.